The number of hydrogen-bond donors (Lipinski definition) is 0. The van der Waals surface area contributed by atoms with Crippen molar-refractivity contribution in [3.8, 4) is 0 Å². The van der Waals surface area contributed by atoms with Crippen molar-refractivity contribution < 1.29 is 0 Å². The minimum Gasteiger partial charge on any atom is -0.284 e. The first-order valence-corrected chi connectivity index (χ1v) is 4.50. The Morgan fingerprint density at radius 2 is 2.31 bits per heavy atom. The Kier molecular flexibility index (Phi) is 2.21. The van der Waals surface area contributed by atoms with Crippen molar-refractivity contribution >= 4 is 5.71 Å². The van der Waals surface area contributed by atoms with Gasteiger partial charge in [0, 0.05) is 24.5 Å². The van der Waals surface area contributed by atoms with Crippen molar-refractivity contribution in [2.24, 2.45) is 4.99 Å². The standard InChI is InChI=1S/C11H12N2/c1-9-5-7-12-8-10(9)11-4-2-3-6-13-11/h2,4-5,7-8H,3,6H2,1H3. The van der Waals surface area contributed by atoms with Gasteiger partial charge in [0.1, 0.15) is 0 Å². The van der Waals surface area contributed by atoms with Crippen LogP contribution in [0.1, 0.15) is 17.5 Å². The maximum Gasteiger partial charge on any atom is 0.0661 e. The topological polar surface area (TPSA) is 25.2 Å². The molecule has 13 heavy (non-hydrogen) atoms. The van der Waals surface area contributed by atoms with E-state index in [1.807, 2.05) is 18.5 Å². The Morgan fingerprint density at radius 1 is 1.38 bits per heavy atom. The van der Waals surface area contributed by atoms with Gasteiger partial charge < -0.3 is 0 Å². The zero-order valence-corrected chi connectivity index (χ0v) is 7.70. The second-order valence-corrected chi connectivity index (χ2v) is 3.15. The first-order chi connectivity index (χ1) is 6.38. The van der Waals surface area contributed by atoms with Gasteiger partial charge in [-0.1, -0.05) is 6.08 Å². The maximum atomic E-state index is 4.45. The van der Waals surface area contributed by atoms with Crippen molar-refractivity contribution in [2.75, 3.05) is 6.54 Å². The van der Waals surface area contributed by atoms with Gasteiger partial charge in [-0.15, -0.1) is 0 Å². The summed E-state index contributed by atoms with van der Waals surface area (Å²) in [6.45, 7) is 2.99. The van der Waals surface area contributed by atoms with E-state index in [4.69, 9.17) is 0 Å². The lowest BCUT2D eigenvalue weighted by Gasteiger charge is -2.07. The first-order valence-electron chi connectivity index (χ1n) is 4.50. The summed E-state index contributed by atoms with van der Waals surface area (Å²) in [7, 11) is 0. The molecule has 0 N–H and O–H groups in total. The van der Waals surface area contributed by atoms with Crippen molar-refractivity contribution in [2.45, 2.75) is 13.3 Å². The third-order valence-electron chi connectivity index (χ3n) is 2.17. The molecule has 1 aliphatic heterocycles. The molecule has 0 bridgehead atoms. The third-order valence-corrected chi connectivity index (χ3v) is 2.17. The van der Waals surface area contributed by atoms with Gasteiger partial charge in [-0.25, -0.2) is 0 Å². The number of aromatic nitrogens is 1. The molecule has 1 aromatic heterocycles. The molecule has 0 aliphatic carbocycles. The van der Waals surface area contributed by atoms with Crippen molar-refractivity contribution in [1.82, 2.24) is 4.98 Å². The fourth-order valence-electron chi connectivity index (χ4n) is 1.41. The molecule has 0 fully saturated rings. The number of hydrogen-bond acceptors (Lipinski definition) is 2. The number of nitrogens with zero attached hydrogens (tertiary/aromatic N) is 2. The van der Waals surface area contributed by atoms with Crippen LogP contribution in [0, 0.1) is 6.92 Å². The van der Waals surface area contributed by atoms with Crippen molar-refractivity contribution in [3.63, 3.8) is 0 Å². The van der Waals surface area contributed by atoms with Gasteiger partial charge in [0.05, 0.1) is 5.71 Å². The van der Waals surface area contributed by atoms with E-state index in [0.29, 0.717) is 0 Å². The average molecular weight is 172 g/mol. The molecule has 2 nitrogen and oxygen atoms in total. The molecule has 0 atom stereocenters. The van der Waals surface area contributed by atoms with Gasteiger partial charge >= 0.3 is 0 Å². The Bertz CT molecular complexity index is 364. The molecule has 0 unspecified atom stereocenters. The van der Waals surface area contributed by atoms with E-state index in [1.165, 1.54) is 5.56 Å². The smallest absolute Gasteiger partial charge is 0.0661 e. The Morgan fingerprint density at radius 3 is 3.00 bits per heavy atom. The Balaban J connectivity index is 2.40. The van der Waals surface area contributed by atoms with Crippen LogP contribution in [0.3, 0.4) is 0 Å². The Labute approximate surface area is 78.0 Å². The molecule has 2 rings (SSSR count). The van der Waals surface area contributed by atoms with Crippen LogP contribution < -0.4 is 0 Å². The van der Waals surface area contributed by atoms with Gasteiger partial charge in [0.25, 0.3) is 0 Å². The summed E-state index contributed by atoms with van der Waals surface area (Å²) >= 11 is 0. The second kappa shape index (κ2) is 3.52. The highest BCUT2D eigenvalue weighted by Gasteiger charge is 2.04. The number of rotatable bonds is 1. The fourth-order valence-corrected chi connectivity index (χ4v) is 1.41. The summed E-state index contributed by atoms with van der Waals surface area (Å²) in [5.41, 5.74) is 3.45. The average Bonchev–Trinajstić information content (AvgIpc) is 2.20. The number of aliphatic imine (C=N–C) groups is 1. The summed E-state index contributed by atoms with van der Waals surface area (Å²) < 4.78 is 0. The van der Waals surface area contributed by atoms with E-state index in [9.17, 15) is 0 Å². The molecule has 0 saturated heterocycles. The van der Waals surface area contributed by atoms with E-state index in [-0.39, 0.29) is 0 Å². The summed E-state index contributed by atoms with van der Waals surface area (Å²) in [6, 6.07) is 2.01. The molecule has 0 spiro atoms. The lowest BCUT2D eigenvalue weighted by Crippen LogP contribution is -2.04. The van der Waals surface area contributed by atoms with Crippen LogP contribution in [0.4, 0.5) is 0 Å². The van der Waals surface area contributed by atoms with Crippen LogP contribution >= 0.6 is 0 Å². The molecule has 1 aromatic rings. The zero-order chi connectivity index (χ0) is 9.10. The van der Waals surface area contributed by atoms with Crippen LogP contribution in [0.15, 0.2) is 35.6 Å². The Hall–Kier alpha value is -1.44. The van der Waals surface area contributed by atoms with Gasteiger partial charge in [-0.2, -0.15) is 0 Å². The van der Waals surface area contributed by atoms with Gasteiger partial charge in [0.15, 0.2) is 0 Å². The molecule has 2 heterocycles. The number of aryl methyl sites for hydroxylation is 1. The SMILES string of the molecule is Cc1ccncc1C1=NCCC=C1. The van der Waals surface area contributed by atoms with E-state index < -0.39 is 0 Å². The summed E-state index contributed by atoms with van der Waals surface area (Å²) in [5.74, 6) is 0. The first kappa shape index (κ1) is 8.17. The molecule has 1 aliphatic rings. The maximum absolute atomic E-state index is 4.45. The molecule has 2 heteroatoms. The fraction of sp³-hybridized carbons (Fsp3) is 0.273. The minimum atomic E-state index is 0.903. The van der Waals surface area contributed by atoms with Gasteiger partial charge in [-0.05, 0) is 31.1 Å². The van der Waals surface area contributed by atoms with Crippen molar-refractivity contribution in [3.05, 3.63) is 41.7 Å². The van der Waals surface area contributed by atoms with E-state index in [0.717, 1.165) is 24.2 Å². The molecule has 66 valence electrons. The predicted molar refractivity (Wildman–Crippen MR) is 54.1 cm³/mol. The highest BCUT2D eigenvalue weighted by molar-refractivity contribution is 6.09. The number of pyridine rings is 1. The second-order valence-electron chi connectivity index (χ2n) is 3.15. The molecule has 0 saturated carbocycles. The zero-order valence-electron chi connectivity index (χ0n) is 7.70. The third kappa shape index (κ3) is 1.66. The van der Waals surface area contributed by atoms with Crippen molar-refractivity contribution in [1.29, 1.82) is 0 Å². The minimum absolute atomic E-state index is 0.903. The van der Waals surface area contributed by atoms with Crippen LogP contribution in [-0.2, 0) is 0 Å². The largest absolute Gasteiger partial charge is 0.284 e. The normalized spacial score (nSPS) is 15.6. The molecule has 0 amide bonds. The molecule has 0 aromatic carbocycles. The summed E-state index contributed by atoms with van der Waals surface area (Å²) in [4.78, 5) is 8.56. The number of allylic oxidation sites excluding steroid dienone is 1. The van der Waals surface area contributed by atoms with Crippen LogP contribution in [-0.4, -0.2) is 17.2 Å². The molecule has 0 radical (unpaired) electrons. The van der Waals surface area contributed by atoms with Crippen LogP contribution in [0.5, 0.6) is 0 Å². The van der Waals surface area contributed by atoms with Gasteiger partial charge in [0.2, 0.25) is 0 Å². The lowest BCUT2D eigenvalue weighted by atomic mass is 10.1. The summed E-state index contributed by atoms with van der Waals surface area (Å²) in [5, 5.41) is 0. The quantitative estimate of drug-likeness (QED) is 0.637. The highest BCUT2D eigenvalue weighted by atomic mass is 14.7. The van der Waals surface area contributed by atoms with Crippen LogP contribution in [0.2, 0.25) is 0 Å². The van der Waals surface area contributed by atoms with E-state index >= 15 is 0 Å². The predicted octanol–water partition coefficient (Wildman–Crippen LogP) is 2.14. The number of dihydropyridines is 1. The van der Waals surface area contributed by atoms with E-state index in [1.54, 1.807) is 0 Å². The van der Waals surface area contributed by atoms with Crippen LogP contribution in [0.25, 0.3) is 0 Å². The van der Waals surface area contributed by atoms with E-state index in [2.05, 4.69) is 29.1 Å². The monoisotopic (exact) mass is 172 g/mol. The molecular formula is C11H12N2. The highest BCUT2D eigenvalue weighted by Crippen LogP contribution is 2.10. The summed E-state index contributed by atoms with van der Waals surface area (Å²) in [6.07, 6.45) is 8.99. The van der Waals surface area contributed by atoms with Gasteiger partial charge in [-0.3, -0.25) is 9.98 Å². The lowest BCUT2D eigenvalue weighted by molar-refractivity contribution is 0.992. The molecular weight excluding hydrogens is 160 g/mol.